The number of ether oxygens (including phenoxy) is 2. The van der Waals surface area contributed by atoms with Gasteiger partial charge >= 0.3 is 5.97 Å². The van der Waals surface area contributed by atoms with Gasteiger partial charge in [-0.15, -0.1) is 0 Å². The number of esters is 1. The summed E-state index contributed by atoms with van der Waals surface area (Å²) >= 11 is 3.39. The third-order valence-corrected chi connectivity index (χ3v) is 4.03. The summed E-state index contributed by atoms with van der Waals surface area (Å²) in [5, 5.41) is 1.01. The highest BCUT2D eigenvalue weighted by Gasteiger charge is 2.18. The van der Waals surface area contributed by atoms with Crippen molar-refractivity contribution in [2.45, 2.75) is 84.2 Å². The summed E-state index contributed by atoms with van der Waals surface area (Å²) in [4.78, 5) is 11.9. The molecular weight excluding hydrogens is 332 g/mol. The minimum atomic E-state index is -0.378. The van der Waals surface area contributed by atoms with Gasteiger partial charge in [-0.25, -0.2) is 4.79 Å². The molecule has 0 aromatic rings. The fourth-order valence-electron chi connectivity index (χ4n) is 2.10. The monoisotopic (exact) mass is 364 g/mol. The molecule has 0 saturated heterocycles. The first-order chi connectivity index (χ1) is 10.3. The van der Waals surface area contributed by atoms with Crippen LogP contribution in [0.15, 0.2) is 0 Å². The second kappa shape index (κ2) is 16.3. The largest absolute Gasteiger partial charge is 0.464 e. The summed E-state index contributed by atoms with van der Waals surface area (Å²) in [5.74, 6) is -0.192. The van der Waals surface area contributed by atoms with Crippen molar-refractivity contribution in [2.24, 2.45) is 0 Å². The molecular formula is C17H33BrO3. The number of carbonyl (C=O) groups excluding carboxylic acids is 1. The molecule has 0 aliphatic rings. The average molecular weight is 365 g/mol. The van der Waals surface area contributed by atoms with Crippen molar-refractivity contribution >= 4 is 21.9 Å². The van der Waals surface area contributed by atoms with Crippen molar-refractivity contribution in [2.75, 3.05) is 18.5 Å². The van der Waals surface area contributed by atoms with Crippen molar-refractivity contribution in [3.63, 3.8) is 0 Å². The second-order valence-corrected chi connectivity index (χ2v) is 6.25. The van der Waals surface area contributed by atoms with Crippen LogP contribution in [0.5, 0.6) is 0 Å². The smallest absolute Gasteiger partial charge is 0.335 e. The molecule has 0 aliphatic heterocycles. The van der Waals surface area contributed by atoms with Gasteiger partial charge in [0.2, 0.25) is 0 Å². The molecule has 0 aliphatic carbocycles. The number of carbonyl (C=O) groups is 1. The zero-order chi connectivity index (χ0) is 15.8. The van der Waals surface area contributed by atoms with Crippen molar-refractivity contribution in [1.29, 1.82) is 0 Å². The highest BCUT2D eigenvalue weighted by molar-refractivity contribution is 9.09. The lowest BCUT2D eigenvalue weighted by molar-refractivity contribution is -0.157. The van der Waals surface area contributed by atoms with Crippen molar-refractivity contribution < 1.29 is 14.3 Å². The second-order valence-electron chi connectivity index (χ2n) is 5.45. The zero-order valence-electron chi connectivity index (χ0n) is 13.9. The molecule has 1 unspecified atom stereocenters. The third-order valence-electron chi connectivity index (χ3n) is 3.47. The molecule has 0 heterocycles. The summed E-state index contributed by atoms with van der Waals surface area (Å²) < 4.78 is 10.9. The third kappa shape index (κ3) is 13.3. The molecule has 1 atom stereocenters. The van der Waals surface area contributed by atoms with Crippen LogP contribution in [0.25, 0.3) is 0 Å². The van der Waals surface area contributed by atoms with E-state index in [0.717, 1.165) is 31.0 Å². The van der Waals surface area contributed by atoms with Gasteiger partial charge in [-0.2, -0.15) is 0 Å². The topological polar surface area (TPSA) is 35.5 Å². The van der Waals surface area contributed by atoms with Crippen LogP contribution in [0, 0.1) is 0 Å². The Morgan fingerprint density at radius 3 is 2.19 bits per heavy atom. The van der Waals surface area contributed by atoms with Gasteiger partial charge in [-0.1, -0.05) is 61.9 Å². The molecule has 3 nitrogen and oxygen atoms in total. The van der Waals surface area contributed by atoms with Crippen LogP contribution in [-0.4, -0.2) is 30.6 Å². The SMILES string of the molecule is CCCCCCCCOC(CC)C(=O)OCCCCCBr. The molecule has 0 N–H and O–H groups in total. The van der Waals surface area contributed by atoms with E-state index in [9.17, 15) is 4.79 Å². The van der Waals surface area contributed by atoms with Crippen LogP contribution < -0.4 is 0 Å². The standard InChI is InChI=1S/C17H33BrO3/c1-3-5-6-7-8-11-14-20-16(4-2)17(19)21-15-12-9-10-13-18/h16H,3-15H2,1-2H3. The Morgan fingerprint density at radius 1 is 0.905 bits per heavy atom. The molecule has 0 saturated carbocycles. The Kier molecular flexibility index (Phi) is 16.2. The van der Waals surface area contributed by atoms with E-state index in [1.165, 1.54) is 32.1 Å². The predicted molar refractivity (Wildman–Crippen MR) is 92.0 cm³/mol. The fourth-order valence-corrected chi connectivity index (χ4v) is 2.50. The number of halogens is 1. The highest BCUT2D eigenvalue weighted by Crippen LogP contribution is 2.08. The number of rotatable bonds is 15. The first-order valence-corrected chi connectivity index (χ1v) is 9.72. The average Bonchev–Trinajstić information content (AvgIpc) is 2.49. The maximum Gasteiger partial charge on any atom is 0.335 e. The fraction of sp³-hybridized carbons (Fsp3) is 0.941. The van der Waals surface area contributed by atoms with Gasteiger partial charge in [0.15, 0.2) is 6.10 Å². The Morgan fingerprint density at radius 2 is 1.52 bits per heavy atom. The van der Waals surface area contributed by atoms with Crippen molar-refractivity contribution in [1.82, 2.24) is 0 Å². The van der Waals surface area contributed by atoms with Crippen LogP contribution in [0.4, 0.5) is 0 Å². The lowest BCUT2D eigenvalue weighted by atomic mass is 10.1. The predicted octanol–water partition coefficient (Wildman–Crippen LogP) is 5.25. The van der Waals surface area contributed by atoms with E-state index in [1.54, 1.807) is 0 Å². The lowest BCUT2D eigenvalue weighted by Crippen LogP contribution is -2.26. The summed E-state index contributed by atoms with van der Waals surface area (Å²) in [6, 6.07) is 0. The minimum absolute atomic E-state index is 0.192. The number of alkyl halides is 1. The Balaban J connectivity index is 3.56. The van der Waals surface area contributed by atoms with Gasteiger partial charge in [-0.05, 0) is 32.1 Å². The molecule has 4 heteroatoms. The maximum atomic E-state index is 11.9. The van der Waals surface area contributed by atoms with Crippen LogP contribution in [0.3, 0.4) is 0 Å². The van der Waals surface area contributed by atoms with Crippen molar-refractivity contribution in [3.8, 4) is 0 Å². The quantitative estimate of drug-likeness (QED) is 0.226. The van der Waals surface area contributed by atoms with Gasteiger partial charge in [0.1, 0.15) is 0 Å². The van der Waals surface area contributed by atoms with Gasteiger partial charge in [-0.3, -0.25) is 0 Å². The normalized spacial score (nSPS) is 12.3. The van der Waals surface area contributed by atoms with Crippen LogP contribution in [-0.2, 0) is 14.3 Å². The molecule has 0 spiro atoms. The van der Waals surface area contributed by atoms with E-state index < -0.39 is 0 Å². The summed E-state index contributed by atoms with van der Waals surface area (Å²) in [7, 11) is 0. The number of hydrogen-bond acceptors (Lipinski definition) is 3. The summed E-state index contributed by atoms with van der Waals surface area (Å²) in [5.41, 5.74) is 0. The Bertz CT molecular complexity index is 234. The first-order valence-electron chi connectivity index (χ1n) is 8.60. The van der Waals surface area contributed by atoms with Crippen LogP contribution >= 0.6 is 15.9 Å². The van der Waals surface area contributed by atoms with Crippen molar-refractivity contribution in [3.05, 3.63) is 0 Å². The van der Waals surface area contributed by atoms with E-state index >= 15 is 0 Å². The Labute approximate surface area is 139 Å². The molecule has 126 valence electrons. The molecule has 0 rings (SSSR count). The molecule has 0 radical (unpaired) electrons. The van der Waals surface area contributed by atoms with Gasteiger partial charge in [0.05, 0.1) is 6.61 Å². The molecule has 0 fully saturated rings. The number of hydrogen-bond donors (Lipinski definition) is 0. The van der Waals surface area contributed by atoms with E-state index in [-0.39, 0.29) is 12.1 Å². The Hall–Kier alpha value is -0.0900. The van der Waals surface area contributed by atoms with E-state index in [4.69, 9.17) is 9.47 Å². The first kappa shape index (κ1) is 20.9. The summed E-state index contributed by atoms with van der Waals surface area (Å²) in [6.45, 7) is 5.38. The van der Waals surface area contributed by atoms with Crippen LogP contribution in [0.2, 0.25) is 0 Å². The lowest BCUT2D eigenvalue weighted by Gasteiger charge is -2.15. The molecule has 0 bridgehead atoms. The van der Waals surface area contributed by atoms with Gasteiger partial charge in [0.25, 0.3) is 0 Å². The minimum Gasteiger partial charge on any atom is -0.464 e. The molecule has 0 amide bonds. The summed E-state index contributed by atoms with van der Waals surface area (Å²) in [6.07, 6.45) is 10.9. The van der Waals surface area contributed by atoms with Crippen LogP contribution in [0.1, 0.15) is 78.1 Å². The van der Waals surface area contributed by atoms with E-state index in [0.29, 0.717) is 19.6 Å². The number of unbranched alkanes of at least 4 members (excludes halogenated alkanes) is 7. The van der Waals surface area contributed by atoms with Gasteiger partial charge < -0.3 is 9.47 Å². The molecule has 21 heavy (non-hydrogen) atoms. The highest BCUT2D eigenvalue weighted by atomic mass is 79.9. The van der Waals surface area contributed by atoms with E-state index in [1.807, 2.05) is 6.92 Å². The van der Waals surface area contributed by atoms with E-state index in [2.05, 4.69) is 22.9 Å². The molecule has 0 aromatic carbocycles. The van der Waals surface area contributed by atoms with Gasteiger partial charge in [0, 0.05) is 11.9 Å². The maximum absolute atomic E-state index is 11.9. The zero-order valence-corrected chi connectivity index (χ0v) is 15.5. The molecule has 0 aromatic heterocycles.